The van der Waals surface area contributed by atoms with E-state index in [2.05, 4.69) is 15.6 Å². The number of nitrogens with zero attached hydrogens (tertiary/aromatic N) is 2. The number of nitro benzene ring substituents is 1. The zero-order chi connectivity index (χ0) is 19.6. The van der Waals surface area contributed by atoms with E-state index >= 15 is 0 Å². The standard InChI is InChI=1S/C18H16N4O4S/c1-10-5-3-8-14-15(10)20-18(27-14)21-16(23)11(2)19-17(24)12-6-4-7-13(9-12)22(25)26/h3-9,11H,1-2H3,(H,19,24)(H,20,21,23)/t11-/m0/s1. The minimum Gasteiger partial charge on any atom is -0.341 e. The summed E-state index contributed by atoms with van der Waals surface area (Å²) in [5.41, 5.74) is 1.76. The Balaban J connectivity index is 1.68. The molecule has 3 aromatic rings. The van der Waals surface area contributed by atoms with Crippen molar-refractivity contribution < 1.29 is 14.5 Å². The molecular formula is C18H16N4O4S. The van der Waals surface area contributed by atoms with E-state index < -0.39 is 22.8 Å². The summed E-state index contributed by atoms with van der Waals surface area (Å²) in [6.07, 6.45) is 0. The van der Waals surface area contributed by atoms with Crippen molar-refractivity contribution in [2.75, 3.05) is 5.32 Å². The summed E-state index contributed by atoms with van der Waals surface area (Å²) < 4.78 is 0.957. The largest absolute Gasteiger partial charge is 0.341 e. The van der Waals surface area contributed by atoms with Crippen LogP contribution in [0, 0.1) is 17.0 Å². The Hall–Kier alpha value is -3.33. The maximum Gasteiger partial charge on any atom is 0.270 e. The maximum absolute atomic E-state index is 12.3. The van der Waals surface area contributed by atoms with Crippen molar-refractivity contribution in [2.24, 2.45) is 0 Å². The van der Waals surface area contributed by atoms with Crippen LogP contribution < -0.4 is 10.6 Å². The molecule has 1 aromatic heterocycles. The first-order chi connectivity index (χ1) is 12.8. The van der Waals surface area contributed by atoms with E-state index in [1.807, 2.05) is 25.1 Å². The van der Waals surface area contributed by atoms with Gasteiger partial charge in [0.2, 0.25) is 5.91 Å². The molecule has 0 unspecified atom stereocenters. The summed E-state index contributed by atoms with van der Waals surface area (Å²) in [7, 11) is 0. The van der Waals surface area contributed by atoms with E-state index in [0.717, 1.165) is 21.8 Å². The van der Waals surface area contributed by atoms with E-state index in [1.54, 1.807) is 0 Å². The van der Waals surface area contributed by atoms with Gasteiger partial charge in [0.1, 0.15) is 6.04 Å². The lowest BCUT2D eigenvalue weighted by Gasteiger charge is -2.12. The number of non-ortho nitro benzene ring substituents is 1. The summed E-state index contributed by atoms with van der Waals surface area (Å²) in [4.78, 5) is 39.2. The minimum absolute atomic E-state index is 0.111. The normalized spacial score (nSPS) is 11.8. The number of rotatable bonds is 5. The summed E-state index contributed by atoms with van der Waals surface area (Å²) in [6.45, 7) is 3.47. The molecule has 138 valence electrons. The van der Waals surface area contributed by atoms with E-state index in [4.69, 9.17) is 0 Å². The predicted molar refractivity (Wildman–Crippen MR) is 103 cm³/mol. The fraction of sp³-hybridized carbons (Fsp3) is 0.167. The Kier molecular flexibility index (Phi) is 5.13. The summed E-state index contributed by atoms with van der Waals surface area (Å²) in [5, 5.41) is 16.5. The van der Waals surface area contributed by atoms with Crippen molar-refractivity contribution in [3.05, 3.63) is 63.7 Å². The third-order valence-electron chi connectivity index (χ3n) is 3.91. The summed E-state index contributed by atoms with van der Waals surface area (Å²) in [6, 6.07) is 10.3. The first-order valence-corrected chi connectivity index (χ1v) is 8.89. The van der Waals surface area contributed by atoms with Gasteiger partial charge in [-0.3, -0.25) is 19.7 Å². The molecule has 3 rings (SSSR count). The second kappa shape index (κ2) is 7.50. The number of carbonyl (C=O) groups excluding carboxylic acids is 2. The topological polar surface area (TPSA) is 114 Å². The molecule has 9 heteroatoms. The van der Waals surface area contributed by atoms with Crippen LogP contribution in [0.4, 0.5) is 10.8 Å². The Morgan fingerprint density at radius 3 is 2.67 bits per heavy atom. The molecule has 1 heterocycles. The molecular weight excluding hydrogens is 368 g/mol. The van der Waals surface area contributed by atoms with E-state index in [-0.39, 0.29) is 11.3 Å². The average Bonchev–Trinajstić information content (AvgIpc) is 3.05. The lowest BCUT2D eigenvalue weighted by molar-refractivity contribution is -0.384. The average molecular weight is 384 g/mol. The molecule has 0 aliphatic heterocycles. The molecule has 1 atom stereocenters. The van der Waals surface area contributed by atoms with Crippen LogP contribution in [-0.2, 0) is 4.79 Å². The number of para-hydroxylation sites is 1. The van der Waals surface area contributed by atoms with Crippen LogP contribution in [0.3, 0.4) is 0 Å². The highest BCUT2D eigenvalue weighted by molar-refractivity contribution is 7.22. The van der Waals surface area contributed by atoms with Gasteiger partial charge in [0.05, 0.1) is 15.1 Å². The van der Waals surface area contributed by atoms with E-state index in [1.165, 1.54) is 36.5 Å². The molecule has 8 nitrogen and oxygen atoms in total. The molecule has 0 aliphatic rings. The second-order valence-corrected chi connectivity index (χ2v) is 6.96. The Bertz CT molecular complexity index is 1050. The van der Waals surface area contributed by atoms with Crippen LogP contribution in [0.5, 0.6) is 0 Å². The molecule has 0 spiro atoms. The molecule has 2 amide bonds. The molecule has 0 saturated carbocycles. The van der Waals surface area contributed by atoms with Gasteiger partial charge in [0.25, 0.3) is 11.6 Å². The van der Waals surface area contributed by atoms with Crippen molar-refractivity contribution in [3.8, 4) is 0 Å². The van der Waals surface area contributed by atoms with Crippen LogP contribution in [0.2, 0.25) is 0 Å². The number of hydrogen-bond acceptors (Lipinski definition) is 6. The van der Waals surface area contributed by atoms with Gasteiger partial charge in [-0.2, -0.15) is 0 Å². The van der Waals surface area contributed by atoms with Crippen LogP contribution in [0.15, 0.2) is 42.5 Å². The van der Waals surface area contributed by atoms with Crippen molar-refractivity contribution in [1.82, 2.24) is 10.3 Å². The van der Waals surface area contributed by atoms with E-state index in [0.29, 0.717) is 5.13 Å². The number of carbonyl (C=O) groups is 2. The van der Waals surface area contributed by atoms with Gasteiger partial charge in [-0.25, -0.2) is 4.98 Å². The van der Waals surface area contributed by atoms with Crippen LogP contribution >= 0.6 is 11.3 Å². The number of anilines is 1. The maximum atomic E-state index is 12.3. The molecule has 0 radical (unpaired) electrons. The molecule has 27 heavy (non-hydrogen) atoms. The molecule has 0 bridgehead atoms. The number of benzene rings is 2. The van der Waals surface area contributed by atoms with Crippen LogP contribution in [0.25, 0.3) is 10.2 Å². The first kappa shape index (κ1) is 18.5. The summed E-state index contributed by atoms with van der Waals surface area (Å²) >= 11 is 1.35. The van der Waals surface area contributed by atoms with Gasteiger partial charge in [0.15, 0.2) is 5.13 Å². The lowest BCUT2D eigenvalue weighted by Crippen LogP contribution is -2.41. The summed E-state index contributed by atoms with van der Waals surface area (Å²) in [5.74, 6) is -0.994. The Morgan fingerprint density at radius 2 is 1.96 bits per heavy atom. The van der Waals surface area contributed by atoms with Gasteiger partial charge in [0, 0.05) is 17.7 Å². The fourth-order valence-corrected chi connectivity index (χ4v) is 3.41. The van der Waals surface area contributed by atoms with Gasteiger partial charge in [-0.1, -0.05) is 29.5 Å². The Labute approximate surface area is 158 Å². The first-order valence-electron chi connectivity index (χ1n) is 8.07. The van der Waals surface area contributed by atoms with Crippen molar-refractivity contribution >= 4 is 44.2 Å². The number of amides is 2. The molecule has 0 saturated heterocycles. The predicted octanol–water partition coefficient (Wildman–Crippen LogP) is 3.27. The van der Waals surface area contributed by atoms with Crippen molar-refractivity contribution in [2.45, 2.75) is 19.9 Å². The van der Waals surface area contributed by atoms with Crippen LogP contribution in [-0.4, -0.2) is 27.8 Å². The number of nitrogens with one attached hydrogen (secondary N) is 2. The smallest absolute Gasteiger partial charge is 0.270 e. The van der Waals surface area contributed by atoms with Crippen LogP contribution in [0.1, 0.15) is 22.8 Å². The number of nitro groups is 1. The highest BCUT2D eigenvalue weighted by Crippen LogP contribution is 2.27. The van der Waals surface area contributed by atoms with Crippen molar-refractivity contribution in [3.63, 3.8) is 0 Å². The molecule has 0 fully saturated rings. The van der Waals surface area contributed by atoms with Gasteiger partial charge in [-0.15, -0.1) is 0 Å². The zero-order valence-electron chi connectivity index (χ0n) is 14.6. The third-order valence-corrected chi connectivity index (χ3v) is 4.85. The lowest BCUT2D eigenvalue weighted by atomic mass is 10.1. The van der Waals surface area contributed by atoms with Gasteiger partial charge in [-0.05, 0) is 31.5 Å². The highest BCUT2D eigenvalue weighted by atomic mass is 32.1. The number of hydrogen-bond donors (Lipinski definition) is 2. The minimum atomic E-state index is -0.843. The second-order valence-electron chi connectivity index (χ2n) is 5.93. The third kappa shape index (κ3) is 4.09. The number of thiazole rings is 1. The number of aromatic nitrogens is 1. The highest BCUT2D eigenvalue weighted by Gasteiger charge is 2.19. The fourth-order valence-electron chi connectivity index (χ4n) is 2.46. The molecule has 2 aromatic carbocycles. The van der Waals surface area contributed by atoms with E-state index in [9.17, 15) is 19.7 Å². The SMILES string of the molecule is Cc1cccc2sc(NC(=O)[C@H](C)NC(=O)c3cccc([N+](=O)[O-])c3)nc12. The number of fused-ring (bicyclic) bond motifs is 1. The number of aryl methyl sites for hydroxylation is 1. The zero-order valence-corrected chi connectivity index (χ0v) is 15.4. The quantitative estimate of drug-likeness (QED) is 0.518. The van der Waals surface area contributed by atoms with Crippen molar-refractivity contribution in [1.29, 1.82) is 0 Å². The molecule has 0 aliphatic carbocycles. The van der Waals surface area contributed by atoms with Gasteiger partial charge < -0.3 is 10.6 Å². The monoisotopic (exact) mass is 384 g/mol. The van der Waals surface area contributed by atoms with Gasteiger partial charge >= 0.3 is 0 Å². The molecule has 2 N–H and O–H groups in total. The Morgan fingerprint density at radius 1 is 1.22 bits per heavy atom.